The SMILES string of the molecule is CCOC(=O)N1CCC(NCc2cc(Cl)ccc2Cl)CC1. The van der Waals surface area contributed by atoms with Crippen LogP contribution in [0.3, 0.4) is 0 Å². The van der Waals surface area contributed by atoms with E-state index in [0.717, 1.165) is 36.5 Å². The molecule has 0 unspecified atom stereocenters. The highest BCUT2D eigenvalue weighted by Gasteiger charge is 2.23. The number of likely N-dealkylation sites (tertiary alicyclic amines) is 1. The minimum atomic E-state index is -0.214. The Morgan fingerprint density at radius 1 is 1.38 bits per heavy atom. The first-order valence-electron chi connectivity index (χ1n) is 7.19. The summed E-state index contributed by atoms with van der Waals surface area (Å²) in [6, 6.07) is 5.85. The van der Waals surface area contributed by atoms with Gasteiger partial charge >= 0.3 is 6.09 Å². The summed E-state index contributed by atoms with van der Waals surface area (Å²) in [5.41, 5.74) is 0.997. The number of amides is 1. The monoisotopic (exact) mass is 330 g/mol. The van der Waals surface area contributed by atoms with Crippen LogP contribution in [-0.4, -0.2) is 36.7 Å². The zero-order chi connectivity index (χ0) is 15.2. The lowest BCUT2D eigenvalue weighted by Crippen LogP contribution is -2.44. The van der Waals surface area contributed by atoms with Crippen LogP contribution >= 0.6 is 23.2 Å². The van der Waals surface area contributed by atoms with E-state index in [-0.39, 0.29) is 6.09 Å². The first kappa shape index (κ1) is 16.4. The van der Waals surface area contributed by atoms with E-state index in [2.05, 4.69) is 5.32 Å². The molecule has 1 aliphatic rings. The minimum absolute atomic E-state index is 0.214. The van der Waals surface area contributed by atoms with Gasteiger partial charge in [0.15, 0.2) is 0 Å². The number of ether oxygens (including phenoxy) is 1. The summed E-state index contributed by atoms with van der Waals surface area (Å²) in [7, 11) is 0. The van der Waals surface area contributed by atoms with E-state index in [1.165, 1.54) is 0 Å². The van der Waals surface area contributed by atoms with E-state index >= 15 is 0 Å². The second kappa shape index (κ2) is 7.87. The highest BCUT2D eigenvalue weighted by Crippen LogP contribution is 2.21. The Kier molecular flexibility index (Phi) is 6.15. The molecule has 0 radical (unpaired) electrons. The van der Waals surface area contributed by atoms with Gasteiger partial charge in [0.1, 0.15) is 0 Å². The number of halogens is 2. The van der Waals surface area contributed by atoms with Crippen molar-refractivity contribution in [3.8, 4) is 0 Å². The van der Waals surface area contributed by atoms with Gasteiger partial charge in [0.05, 0.1) is 6.61 Å². The fourth-order valence-electron chi connectivity index (χ4n) is 2.41. The fourth-order valence-corrected chi connectivity index (χ4v) is 2.79. The van der Waals surface area contributed by atoms with Gasteiger partial charge in [0.25, 0.3) is 0 Å². The van der Waals surface area contributed by atoms with Crippen LogP contribution in [0.15, 0.2) is 18.2 Å². The molecule has 1 fully saturated rings. The second-order valence-electron chi connectivity index (χ2n) is 5.08. The molecule has 0 spiro atoms. The predicted molar refractivity (Wildman–Crippen MR) is 84.9 cm³/mol. The zero-order valence-corrected chi connectivity index (χ0v) is 13.6. The number of rotatable bonds is 4. The summed E-state index contributed by atoms with van der Waals surface area (Å²) >= 11 is 12.1. The smallest absolute Gasteiger partial charge is 0.409 e. The molecule has 1 aliphatic heterocycles. The number of nitrogens with one attached hydrogen (secondary N) is 1. The molecule has 1 aromatic carbocycles. The molecule has 0 saturated carbocycles. The van der Waals surface area contributed by atoms with E-state index in [0.29, 0.717) is 24.2 Å². The topological polar surface area (TPSA) is 41.6 Å². The minimum Gasteiger partial charge on any atom is -0.450 e. The summed E-state index contributed by atoms with van der Waals surface area (Å²) in [6.45, 7) is 4.37. The van der Waals surface area contributed by atoms with Crippen LogP contribution in [0.2, 0.25) is 10.0 Å². The molecule has 0 aromatic heterocycles. The Balaban J connectivity index is 1.79. The van der Waals surface area contributed by atoms with Gasteiger partial charge in [-0.05, 0) is 43.5 Å². The normalized spacial score (nSPS) is 16.0. The van der Waals surface area contributed by atoms with Crippen LogP contribution in [0, 0.1) is 0 Å². The number of hydrogen-bond donors (Lipinski definition) is 1. The molecule has 1 saturated heterocycles. The van der Waals surface area contributed by atoms with Crippen molar-refractivity contribution in [1.29, 1.82) is 0 Å². The summed E-state index contributed by atoms with van der Waals surface area (Å²) in [6.07, 6.45) is 1.61. The van der Waals surface area contributed by atoms with E-state index in [1.54, 1.807) is 11.0 Å². The second-order valence-corrected chi connectivity index (χ2v) is 5.92. The van der Waals surface area contributed by atoms with Crippen molar-refractivity contribution in [3.05, 3.63) is 33.8 Å². The number of piperidine rings is 1. The third-order valence-electron chi connectivity index (χ3n) is 3.61. The summed E-state index contributed by atoms with van der Waals surface area (Å²) in [5.74, 6) is 0. The third-order valence-corrected chi connectivity index (χ3v) is 4.21. The Bertz CT molecular complexity index is 489. The lowest BCUT2D eigenvalue weighted by Gasteiger charge is -2.31. The molecule has 21 heavy (non-hydrogen) atoms. The Labute approximate surface area is 135 Å². The van der Waals surface area contributed by atoms with Crippen molar-refractivity contribution in [3.63, 3.8) is 0 Å². The number of benzene rings is 1. The van der Waals surface area contributed by atoms with Crippen LogP contribution in [0.4, 0.5) is 4.79 Å². The molecule has 1 heterocycles. The zero-order valence-electron chi connectivity index (χ0n) is 12.1. The van der Waals surface area contributed by atoms with Crippen LogP contribution in [0.5, 0.6) is 0 Å². The lowest BCUT2D eigenvalue weighted by molar-refractivity contribution is 0.0950. The Hall–Kier alpha value is -0.970. The maximum absolute atomic E-state index is 11.6. The molecule has 116 valence electrons. The van der Waals surface area contributed by atoms with Crippen molar-refractivity contribution in [2.45, 2.75) is 32.4 Å². The van der Waals surface area contributed by atoms with Crippen molar-refractivity contribution in [1.82, 2.24) is 10.2 Å². The van der Waals surface area contributed by atoms with E-state index in [1.807, 2.05) is 19.1 Å². The molecular weight excluding hydrogens is 311 g/mol. The van der Waals surface area contributed by atoms with Crippen molar-refractivity contribution in [2.75, 3.05) is 19.7 Å². The van der Waals surface area contributed by atoms with Gasteiger partial charge < -0.3 is 15.0 Å². The van der Waals surface area contributed by atoms with Gasteiger partial charge in [-0.25, -0.2) is 4.79 Å². The molecular formula is C15H20Cl2N2O2. The molecule has 4 nitrogen and oxygen atoms in total. The fraction of sp³-hybridized carbons (Fsp3) is 0.533. The third kappa shape index (κ3) is 4.77. The number of nitrogens with zero attached hydrogens (tertiary/aromatic N) is 1. The first-order valence-corrected chi connectivity index (χ1v) is 7.94. The highest BCUT2D eigenvalue weighted by atomic mass is 35.5. The van der Waals surface area contributed by atoms with Gasteiger partial charge in [-0.15, -0.1) is 0 Å². The highest BCUT2D eigenvalue weighted by molar-refractivity contribution is 6.33. The standard InChI is InChI=1S/C15H20Cl2N2O2/c1-2-21-15(20)19-7-5-13(6-8-19)18-10-11-9-12(16)3-4-14(11)17/h3-4,9,13,18H,2,5-8,10H2,1H3. The molecule has 2 rings (SSSR count). The van der Waals surface area contributed by atoms with Crippen molar-refractivity contribution < 1.29 is 9.53 Å². The molecule has 0 bridgehead atoms. The van der Waals surface area contributed by atoms with Gasteiger partial charge in [0, 0.05) is 35.7 Å². The molecule has 1 N–H and O–H groups in total. The maximum atomic E-state index is 11.6. The summed E-state index contributed by atoms with van der Waals surface area (Å²) in [5, 5.41) is 4.88. The van der Waals surface area contributed by atoms with Crippen LogP contribution in [-0.2, 0) is 11.3 Å². The average Bonchev–Trinajstić information content (AvgIpc) is 2.49. The van der Waals surface area contributed by atoms with E-state index in [4.69, 9.17) is 27.9 Å². The van der Waals surface area contributed by atoms with Gasteiger partial charge in [-0.1, -0.05) is 23.2 Å². The Morgan fingerprint density at radius 3 is 2.76 bits per heavy atom. The predicted octanol–water partition coefficient (Wildman–Crippen LogP) is 3.70. The van der Waals surface area contributed by atoms with Crippen LogP contribution in [0.25, 0.3) is 0 Å². The maximum Gasteiger partial charge on any atom is 0.409 e. The molecule has 1 aromatic rings. The van der Waals surface area contributed by atoms with E-state index < -0.39 is 0 Å². The number of carbonyl (C=O) groups is 1. The Morgan fingerprint density at radius 2 is 2.10 bits per heavy atom. The van der Waals surface area contributed by atoms with Gasteiger partial charge in [0.2, 0.25) is 0 Å². The van der Waals surface area contributed by atoms with Crippen LogP contribution in [0.1, 0.15) is 25.3 Å². The van der Waals surface area contributed by atoms with Crippen molar-refractivity contribution in [2.24, 2.45) is 0 Å². The van der Waals surface area contributed by atoms with E-state index in [9.17, 15) is 4.79 Å². The van der Waals surface area contributed by atoms with Crippen molar-refractivity contribution >= 4 is 29.3 Å². The first-order chi connectivity index (χ1) is 10.1. The molecule has 0 aliphatic carbocycles. The largest absolute Gasteiger partial charge is 0.450 e. The van der Waals surface area contributed by atoms with Gasteiger partial charge in [-0.2, -0.15) is 0 Å². The van der Waals surface area contributed by atoms with Gasteiger partial charge in [-0.3, -0.25) is 0 Å². The average molecular weight is 331 g/mol. The number of carbonyl (C=O) groups excluding carboxylic acids is 1. The molecule has 0 atom stereocenters. The summed E-state index contributed by atoms with van der Waals surface area (Å²) in [4.78, 5) is 13.4. The lowest BCUT2D eigenvalue weighted by atomic mass is 10.0. The number of hydrogen-bond acceptors (Lipinski definition) is 3. The molecule has 1 amide bonds. The quantitative estimate of drug-likeness (QED) is 0.915. The summed E-state index contributed by atoms with van der Waals surface area (Å²) < 4.78 is 5.01. The van der Waals surface area contributed by atoms with Crippen LogP contribution < -0.4 is 5.32 Å². The molecule has 6 heteroatoms.